The molecule has 316 valence electrons. The molecule has 0 aliphatic heterocycles. The molecule has 0 rings (SSSR count). The van der Waals surface area contributed by atoms with E-state index in [0.29, 0.717) is 62.3 Å². The third-order valence-corrected chi connectivity index (χ3v) is 9.29. The fourth-order valence-corrected chi connectivity index (χ4v) is 5.82. The van der Waals surface area contributed by atoms with E-state index in [9.17, 15) is 28.8 Å². The molecule has 0 fully saturated rings. The van der Waals surface area contributed by atoms with E-state index in [2.05, 4.69) is 42.5 Å². The first-order valence-corrected chi connectivity index (χ1v) is 22.0. The topological polar surface area (TPSA) is 251 Å². The van der Waals surface area contributed by atoms with Gasteiger partial charge in [-0.1, -0.05) is 25.7 Å². The number of hydrogen-bond donors (Lipinski definition) is 10. The average molecular weight is 807 g/mol. The fourth-order valence-electron chi connectivity index (χ4n) is 4.47. The number of nitrogens with one attached hydrogen (secondary N) is 8. The van der Waals surface area contributed by atoms with Gasteiger partial charge < -0.3 is 54.0 Å². The number of unbranched alkanes of at least 4 members (excludes halogenated alkanes) is 6. The summed E-state index contributed by atoms with van der Waals surface area (Å²) in [5, 5.41) is 23.2. The van der Waals surface area contributed by atoms with Gasteiger partial charge in [0.15, 0.2) is 0 Å². The van der Waals surface area contributed by atoms with Crippen LogP contribution in [0.15, 0.2) is 0 Å². The molecule has 0 aromatic rings. The lowest BCUT2D eigenvalue weighted by atomic mass is 10.1. The molecule has 0 bridgehead atoms. The molecule has 0 aromatic heterocycles. The molecule has 0 aliphatic rings. The van der Waals surface area contributed by atoms with Crippen molar-refractivity contribution in [2.24, 2.45) is 11.5 Å². The van der Waals surface area contributed by atoms with Gasteiger partial charge in [0.1, 0.15) is 0 Å². The van der Waals surface area contributed by atoms with Gasteiger partial charge in [-0.3, -0.25) is 28.8 Å². The molecule has 16 nitrogen and oxygen atoms in total. The zero-order valence-electron chi connectivity index (χ0n) is 33.2. The Morgan fingerprint density at radius 2 is 0.741 bits per heavy atom. The molecule has 18 heteroatoms. The van der Waals surface area contributed by atoms with E-state index >= 15 is 0 Å². The molecular weight excluding hydrogens is 733 g/mol. The highest BCUT2D eigenvalue weighted by atomic mass is 32.2. The highest BCUT2D eigenvalue weighted by Gasteiger charge is 2.05. The summed E-state index contributed by atoms with van der Waals surface area (Å²) in [6.07, 6.45) is 11.9. The Labute approximate surface area is 333 Å². The van der Waals surface area contributed by atoms with Crippen LogP contribution in [0.25, 0.3) is 0 Å². The quantitative estimate of drug-likeness (QED) is 0.0375. The number of thioether (sulfide) groups is 2. The first-order valence-electron chi connectivity index (χ1n) is 19.6. The summed E-state index contributed by atoms with van der Waals surface area (Å²) in [6, 6.07) is 0. The van der Waals surface area contributed by atoms with Crippen LogP contribution in [-0.2, 0) is 28.8 Å². The van der Waals surface area contributed by atoms with Gasteiger partial charge >= 0.3 is 0 Å². The van der Waals surface area contributed by atoms with Crippen LogP contribution in [0.1, 0.15) is 90.9 Å². The largest absolute Gasteiger partial charge is 0.356 e. The van der Waals surface area contributed by atoms with Gasteiger partial charge in [0, 0.05) is 77.5 Å². The Morgan fingerprint density at radius 1 is 0.389 bits per heavy atom. The van der Waals surface area contributed by atoms with Crippen LogP contribution in [0.3, 0.4) is 0 Å². The zero-order chi connectivity index (χ0) is 40.3. The summed E-state index contributed by atoms with van der Waals surface area (Å²) < 4.78 is 0. The van der Waals surface area contributed by atoms with E-state index in [4.69, 9.17) is 11.5 Å². The van der Waals surface area contributed by atoms with Crippen LogP contribution < -0.4 is 54.0 Å². The minimum absolute atomic E-state index is 0.0186. The summed E-state index contributed by atoms with van der Waals surface area (Å²) in [6.45, 7) is 11.3. The van der Waals surface area contributed by atoms with Gasteiger partial charge in [0.25, 0.3) is 0 Å². The lowest BCUT2D eigenvalue weighted by molar-refractivity contribution is -0.123. The van der Waals surface area contributed by atoms with Crippen molar-refractivity contribution in [2.45, 2.75) is 90.9 Å². The molecule has 0 aromatic carbocycles. The smallest absolute Gasteiger partial charge is 0.229 e. The van der Waals surface area contributed by atoms with E-state index in [1.807, 2.05) is 0 Å². The maximum atomic E-state index is 11.7. The molecule has 0 aliphatic carbocycles. The second kappa shape index (κ2) is 43.1. The van der Waals surface area contributed by atoms with E-state index in [-0.39, 0.29) is 48.3 Å². The van der Waals surface area contributed by atoms with Gasteiger partial charge in [-0.15, -0.1) is 0 Å². The Bertz CT molecular complexity index is 969. The second-order valence-corrected chi connectivity index (χ2v) is 14.8. The maximum absolute atomic E-state index is 11.7. The summed E-state index contributed by atoms with van der Waals surface area (Å²) in [5.74, 6) is 1.74. The molecule has 6 amide bonds. The second-order valence-electron chi connectivity index (χ2n) is 12.6. The van der Waals surface area contributed by atoms with Gasteiger partial charge in [0.05, 0.1) is 11.5 Å². The van der Waals surface area contributed by atoms with Crippen LogP contribution in [-0.4, -0.2) is 137 Å². The van der Waals surface area contributed by atoms with Crippen LogP contribution in [0.4, 0.5) is 0 Å². The number of carbonyl (C=O) groups excluding carboxylic acids is 6. The summed E-state index contributed by atoms with van der Waals surface area (Å²) >= 11 is 2.98. The highest BCUT2D eigenvalue weighted by Crippen LogP contribution is 2.04. The minimum Gasteiger partial charge on any atom is -0.356 e. The van der Waals surface area contributed by atoms with Gasteiger partial charge in [-0.25, -0.2) is 0 Å². The molecule has 0 radical (unpaired) electrons. The van der Waals surface area contributed by atoms with Crippen molar-refractivity contribution in [3.8, 4) is 0 Å². The molecular formula is C36H74N10O6S2. The van der Waals surface area contributed by atoms with E-state index in [0.717, 1.165) is 71.4 Å². The fraction of sp³-hybridized carbons (Fsp3) is 0.833. The van der Waals surface area contributed by atoms with Crippen molar-refractivity contribution >= 4 is 59.0 Å². The summed E-state index contributed by atoms with van der Waals surface area (Å²) in [5.41, 5.74) is 10.9. The summed E-state index contributed by atoms with van der Waals surface area (Å²) in [4.78, 5) is 67.7. The average Bonchev–Trinajstić information content (AvgIpc) is 3.13. The van der Waals surface area contributed by atoms with Crippen LogP contribution >= 0.6 is 23.5 Å². The monoisotopic (exact) mass is 807 g/mol. The Hall–Kier alpha value is -2.64. The lowest BCUT2D eigenvalue weighted by Crippen LogP contribution is -2.31. The molecule has 0 spiro atoms. The molecule has 0 atom stereocenters. The third-order valence-electron chi connectivity index (χ3n) is 7.38. The van der Waals surface area contributed by atoms with E-state index < -0.39 is 0 Å². The maximum Gasteiger partial charge on any atom is 0.229 e. The first-order chi connectivity index (χ1) is 26.1. The van der Waals surface area contributed by atoms with E-state index in [1.54, 1.807) is 0 Å². The Balaban J connectivity index is 0. The SMILES string of the molecule is CC(=O)NCCC(=O)NCCSCC(=O)NCCCNCCCCCCCCN.CC(=O)NCCC(=O)NCCSCC(=O)NCCCNCCCCN. The van der Waals surface area contributed by atoms with Crippen molar-refractivity contribution in [3.63, 3.8) is 0 Å². The molecule has 0 unspecified atom stereocenters. The van der Waals surface area contributed by atoms with Crippen molar-refractivity contribution in [2.75, 3.05) is 102 Å². The molecule has 0 saturated carbocycles. The van der Waals surface area contributed by atoms with Gasteiger partial charge in [0.2, 0.25) is 35.4 Å². The first kappa shape index (κ1) is 53.5. The summed E-state index contributed by atoms with van der Waals surface area (Å²) in [7, 11) is 0. The molecule has 54 heavy (non-hydrogen) atoms. The third kappa shape index (κ3) is 47.4. The number of carbonyl (C=O) groups is 6. The Morgan fingerprint density at radius 3 is 1.17 bits per heavy atom. The number of amides is 6. The molecule has 0 saturated heterocycles. The highest BCUT2D eigenvalue weighted by molar-refractivity contribution is 8.00. The number of nitrogens with two attached hydrogens (primary N) is 2. The zero-order valence-corrected chi connectivity index (χ0v) is 34.9. The van der Waals surface area contributed by atoms with Gasteiger partial charge in [-0.05, 0) is 77.8 Å². The van der Waals surface area contributed by atoms with Crippen molar-refractivity contribution in [3.05, 3.63) is 0 Å². The van der Waals surface area contributed by atoms with Crippen molar-refractivity contribution in [1.82, 2.24) is 42.5 Å². The molecule has 12 N–H and O–H groups in total. The minimum atomic E-state index is -0.142. The van der Waals surface area contributed by atoms with Crippen LogP contribution in [0.2, 0.25) is 0 Å². The Kier molecular flexibility index (Phi) is 42.7. The predicted molar refractivity (Wildman–Crippen MR) is 223 cm³/mol. The van der Waals surface area contributed by atoms with E-state index in [1.165, 1.54) is 69.5 Å². The number of hydrogen-bond acceptors (Lipinski definition) is 12. The van der Waals surface area contributed by atoms with Crippen LogP contribution in [0.5, 0.6) is 0 Å². The van der Waals surface area contributed by atoms with Crippen molar-refractivity contribution in [1.29, 1.82) is 0 Å². The number of rotatable bonds is 36. The van der Waals surface area contributed by atoms with Gasteiger partial charge in [-0.2, -0.15) is 23.5 Å². The molecule has 0 heterocycles. The standard InChI is InChI=1S/C20H41N5O3S.C16H33N5O3S/c1-18(26)23-14-9-19(27)25-15-16-29-17-20(28)24-13-8-12-22-11-7-5-3-2-4-6-10-21;1-14(22)19-10-5-15(23)21-11-12-25-13-16(24)20-9-4-8-18-7-3-2-6-17/h22H,2-17,21H2,1H3,(H,23,26)(H,24,28)(H,25,27);18H,2-13,17H2,1H3,(H,19,22)(H,20,24)(H,21,23). The normalized spacial score (nSPS) is 10.4. The van der Waals surface area contributed by atoms with Crippen molar-refractivity contribution < 1.29 is 28.8 Å². The lowest BCUT2D eigenvalue weighted by Gasteiger charge is -2.07. The predicted octanol–water partition coefficient (Wildman–Crippen LogP) is -0.0460. The van der Waals surface area contributed by atoms with Crippen LogP contribution in [0, 0.1) is 0 Å².